The molecule has 1 N–H and O–H groups in total. The van der Waals surface area contributed by atoms with Gasteiger partial charge >= 0.3 is 0 Å². The number of rotatable bonds is 6. The molecule has 0 radical (unpaired) electrons. The van der Waals surface area contributed by atoms with E-state index in [2.05, 4.69) is 10.4 Å². The van der Waals surface area contributed by atoms with Gasteiger partial charge in [-0.3, -0.25) is 4.79 Å². The first-order valence-electron chi connectivity index (χ1n) is 6.81. The van der Waals surface area contributed by atoms with E-state index in [4.69, 9.17) is 12.2 Å². The van der Waals surface area contributed by atoms with E-state index in [1.54, 1.807) is 16.8 Å². The first kappa shape index (κ1) is 17.1. The standard InChI is InChI=1S/C14H16FN3OS3/c1-3-8-16-12(19)9(2)21-13-17-18(14(20)22-13)11-6-4-10(15)5-7-11/h4-7,9H,3,8H2,1-2H3,(H,16,19)/t9-/m1/s1. The molecule has 0 aliphatic rings. The van der Waals surface area contributed by atoms with Crippen LogP contribution in [0.5, 0.6) is 0 Å². The Bertz CT molecular complexity index is 696. The highest BCUT2D eigenvalue weighted by Gasteiger charge is 2.16. The summed E-state index contributed by atoms with van der Waals surface area (Å²) in [6, 6.07) is 5.97. The number of carbonyl (C=O) groups is 1. The van der Waals surface area contributed by atoms with Gasteiger partial charge in [0.15, 0.2) is 8.29 Å². The predicted molar refractivity (Wildman–Crippen MR) is 90.9 cm³/mol. The van der Waals surface area contributed by atoms with Gasteiger partial charge in [-0.25, -0.2) is 9.07 Å². The molecule has 1 heterocycles. The molecule has 0 saturated heterocycles. The summed E-state index contributed by atoms with van der Waals surface area (Å²) in [5.41, 5.74) is 0.706. The van der Waals surface area contributed by atoms with Gasteiger partial charge in [0.1, 0.15) is 5.82 Å². The van der Waals surface area contributed by atoms with Crippen LogP contribution in [0.15, 0.2) is 28.6 Å². The lowest BCUT2D eigenvalue weighted by Gasteiger charge is -2.09. The summed E-state index contributed by atoms with van der Waals surface area (Å²) in [4.78, 5) is 11.9. The zero-order valence-corrected chi connectivity index (χ0v) is 14.7. The van der Waals surface area contributed by atoms with Crippen LogP contribution in [0.1, 0.15) is 20.3 Å². The smallest absolute Gasteiger partial charge is 0.233 e. The van der Waals surface area contributed by atoms with Crippen molar-refractivity contribution in [1.29, 1.82) is 0 Å². The van der Waals surface area contributed by atoms with Crippen LogP contribution in [-0.2, 0) is 4.79 Å². The van der Waals surface area contributed by atoms with Crippen LogP contribution in [0.3, 0.4) is 0 Å². The molecule has 0 aliphatic carbocycles. The third kappa shape index (κ3) is 4.37. The second-order valence-corrected chi connectivity index (χ2v) is 7.78. The second kappa shape index (κ2) is 7.85. The van der Waals surface area contributed by atoms with Crippen LogP contribution in [0.2, 0.25) is 0 Å². The van der Waals surface area contributed by atoms with Gasteiger partial charge in [0.2, 0.25) is 5.91 Å². The minimum Gasteiger partial charge on any atom is -0.355 e. The SMILES string of the molecule is CCCNC(=O)[C@@H](C)Sc1nn(-c2ccc(F)cc2)c(=S)s1. The summed E-state index contributed by atoms with van der Waals surface area (Å²) in [6.07, 6.45) is 0.904. The molecule has 1 amide bonds. The molecule has 2 rings (SSSR count). The second-order valence-electron chi connectivity index (χ2n) is 4.57. The summed E-state index contributed by atoms with van der Waals surface area (Å²) in [5.74, 6) is -0.317. The summed E-state index contributed by atoms with van der Waals surface area (Å²) >= 11 is 8.00. The Morgan fingerprint density at radius 3 is 2.82 bits per heavy atom. The molecule has 1 aromatic heterocycles. The fourth-order valence-electron chi connectivity index (χ4n) is 1.65. The van der Waals surface area contributed by atoms with E-state index in [1.165, 1.54) is 35.2 Å². The Balaban J connectivity index is 2.11. The number of amides is 1. The lowest BCUT2D eigenvalue weighted by molar-refractivity contribution is -0.120. The number of benzene rings is 1. The van der Waals surface area contributed by atoms with Crippen LogP contribution >= 0.6 is 35.3 Å². The maximum atomic E-state index is 13.0. The molecule has 0 spiro atoms. The average Bonchev–Trinajstić information content (AvgIpc) is 2.86. The molecule has 0 unspecified atom stereocenters. The van der Waals surface area contributed by atoms with Gasteiger partial charge in [-0.2, -0.15) is 0 Å². The average molecular weight is 358 g/mol. The summed E-state index contributed by atoms with van der Waals surface area (Å²) in [6.45, 7) is 4.51. The van der Waals surface area contributed by atoms with E-state index in [-0.39, 0.29) is 17.0 Å². The molecule has 8 heteroatoms. The van der Waals surface area contributed by atoms with Gasteiger partial charge in [-0.15, -0.1) is 5.10 Å². The Kier molecular flexibility index (Phi) is 6.10. The molecule has 0 fully saturated rings. The molecule has 1 aromatic carbocycles. The van der Waals surface area contributed by atoms with Crippen LogP contribution in [-0.4, -0.2) is 27.5 Å². The van der Waals surface area contributed by atoms with Crippen molar-refractivity contribution < 1.29 is 9.18 Å². The fraction of sp³-hybridized carbons (Fsp3) is 0.357. The molecule has 2 aromatic rings. The van der Waals surface area contributed by atoms with Crippen molar-refractivity contribution in [3.05, 3.63) is 34.0 Å². The minimum absolute atomic E-state index is 0.0127. The maximum absolute atomic E-state index is 13.0. The Hall–Kier alpha value is -1.25. The van der Waals surface area contributed by atoms with Crippen molar-refractivity contribution in [3.8, 4) is 5.69 Å². The number of carbonyl (C=O) groups excluding carboxylic acids is 1. The molecule has 0 bridgehead atoms. The number of nitrogens with one attached hydrogen (secondary N) is 1. The van der Waals surface area contributed by atoms with Crippen LogP contribution < -0.4 is 5.32 Å². The normalized spacial score (nSPS) is 12.1. The lowest BCUT2D eigenvalue weighted by atomic mass is 10.3. The van der Waals surface area contributed by atoms with Crippen LogP contribution in [0.25, 0.3) is 5.69 Å². The minimum atomic E-state index is -0.304. The fourth-order valence-corrected chi connectivity index (χ4v) is 4.18. The highest BCUT2D eigenvalue weighted by molar-refractivity contribution is 8.02. The third-order valence-electron chi connectivity index (χ3n) is 2.80. The first-order valence-corrected chi connectivity index (χ1v) is 8.92. The summed E-state index contributed by atoms with van der Waals surface area (Å²) in [7, 11) is 0. The van der Waals surface area contributed by atoms with E-state index in [1.807, 2.05) is 13.8 Å². The number of halogens is 1. The van der Waals surface area contributed by atoms with Gasteiger partial charge in [-0.05, 0) is 49.8 Å². The Morgan fingerprint density at radius 1 is 1.50 bits per heavy atom. The van der Waals surface area contributed by atoms with Crippen LogP contribution in [0.4, 0.5) is 4.39 Å². The van der Waals surface area contributed by atoms with Crippen molar-refractivity contribution in [2.45, 2.75) is 29.9 Å². The molecule has 0 saturated carbocycles. The largest absolute Gasteiger partial charge is 0.355 e. The third-order valence-corrected chi connectivity index (χ3v) is 5.21. The van der Waals surface area contributed by atoms with Crippen molar-refractivity contribution in [3.63, 3.8) is 0 Å². The van der Waals surface area contributed by atoms with Gasteiger partial charge in [0, 0.05) is 6.54 Å². The highest BCUT2D eigenvalue weighted by atomic mass is 32.2. The highest BCUT2D eigenvalue weighted by Crippen LogP contribution is 2.27. The van der Waals surface area contributed by atoms with E-state index < -0.39 is 0 Å². The summed E-state index contributed by atoms with van der Waals surface area (Å²) < 4.78 is 15.8. The van der Waals surface area contributed by atoms with E-state index in [9.17, 15) is 9.18 Å². The summed E-state index contributed by atoms with van der Waals surface area (Å²) in [5, 5.41) is 7.02. The lowest BCUT2D eigenvalue weighted by Crippen LogP contribution is -2.31. The molecular weight excluding hydrogens is 341 g/mol. The molecule has 4 nitrogen and oxygen atoms in total. The molecular formula is C14H16FN3OS3. The molecule has 1 atom stereocenters. The first-order chi connectivity index (χ1) is 10.5. The molecule has 118 valence electrons. The zero-order chi connectivity index (χ0) is 16.1. The van der Waals surface area contributed by atoms with Gasteiger partial charge in [0.25, 0.3) is 0 Å². The zero-order valence-electron chi connectivity index (χ0n) is 12.2. The topological polar surface area (TPSA) is 46.9 Å². The maximum Gasteiger partial charge on any atom is 0.233 e. The number of thioether (sulfide) groups is 1. The predicted octanol–water partition coefficient (Wildman–Crippen LogP) is 3.81. The number of hydrogen-bond acceptors (Lipinski definition) is 5. The van der Waals surface area contributed by atoms with Crippen molar-refractivity contribution in [2.24, 2.45) is 0 Å². The van der Waals surface area contributed by atoms with Gasteiger partial charge in [0.05, 0.1) is 10.9 Å². The number of nitrogens with zero attached hydrogens (tertiary/aromatic N) is 2. The Morgan fingerprint density at radius 2 is 2.18 bits per heavy atom. The molecule has 22 heavy (non-hydrogen) atoms. The van der Waals surface area contributed by atoms with Crippen LogP contribution in [0, 0.1) is 9.77 Å². The van der Waals surface area contributed by atoms with E-state index >= 15 is 0 Å². The molecule has 0 aliphatic heterocycles. The van der Waals surface area contributed by atoms with Gasteiger partial charge < -0.3 is 5.32 Å². The Labute approximate surface area is 141 Å². The monoisotopic (exact) mass is 357 g/mol. The van der Waals surface area contributed by atoms with Crippen molar-refractivity contribution >= 4 is 41.2 Å². The number of aromatic nitrogens is 2. The number of hydrogen-bond donors (Lipinski definition) is 1. The van der Waals surface area contributed by atoms with Gasteiger partial charge in [-0.1, -0.05) is 30.0 Å². The van der Waals surface area contributed by atoms with E-state index in [0.29, 0.717) is 20.5 Å². The van der Waals surface area contributed by atoms with Crippen molar-refractivity contribution in [2.75, 3.05) is 6.54 Å². The van der Waals surface area contributed by atoms with Crippen molar-refractivity contribution in [1.82, 2.24) is 15.1 Å². The quantitative estimate of drug-likeness (QED) is 0.631. The van der Waals surface area contributed by atoms with E-state index in [0.717, 1.165) is 6.42 Å².